The van der Waals surface area contributed by atoms with Crippen LogP contribution in [0.1, 0.15) is 43.2 Å². The van der Waals surface area contributed by atoms with Crippen LogP contribution in [0.25, 0.3) is 0 Å². The first kappa shape index (κ1) is 25.2. The molecule has 1 aromatic heterocycles. The van der Waals surface area contributed by atoms with Crippen LogP contribution < -0.4 is 10.2 Å². The van der Waals surface area contributed by atoms with Crippen LogP contribution in [-0.2, 0) is 22.3 Å². The maximum absolute atomic E-state index is 15.4. The number of anilines is 2. The number of alkyl halides is 3. The van der Waals surface area contributed by atoms with Gasteiger partial charge in [-0.3, -0.25) is 4.79 Å². The smallest absolute Gasteiger partial charge is 0.416 e. The van der Waals surface area contributed by atoms with Gasteiger partial charge in [-0.25, -0.2) is 9.97 Å². The van der Waals surface area contributed by atoms with Gasteiger partial charge in [-0.15, -0.1) is 0 Å². The van der Waals surface area contributed by atoms with Crippen LogP contribution in [0.2, 0.25) is 0 Å². The molecule has 0 spiro atoms. The number of carboxylic acid groups (broad SMARTS) is 1. The largest absolute Gasteiger partial charge is 0.481 e. The Bertz CT molecular complexity index is 1010. The van der Waals surface area contributed by atoms with Crippen molar-refractivity contribution in [2.45, 2.75) is 50.9 Å². The molecule has 1 aromatic carbocycles. The molecule has 1 saturated carbocycles. The predicted molar refractivity (Wildman–Crippen MR) is 120 cm³/mol. The summed E-state index contributed by atoms with van der Waals surface area (Å²) in [5, 5.41) is 12.5. The van der Waals surface area contributed by atoms with E-state index in [2.05, 4.69) is 15.3 Å². The number of aromatic nitrogens is 2. The van der Waals surface area contributed by atoms with Gasteiger partial charge >= 0.3 is 12.1 Å². The van der Waals surface area contributed by atoms with Crippen molar-refractivity contribution in [2.75, 3.05) is 30.0 Å². The van der Waals surface area contributed by atoms with E-state index in [0.717, 1.165) is 37.8 Å². The zero-order chi connectivity index (χ0) is 25.0. The number of hydrogen-bond acceptors (Lipinski definition) is 6. The van der Waals surface area contributed by atoms with Crippen LogP contribution in [0.15, 0.2) is 30.6 Å². The van der Waals surface area contributed by atoms with Crippen LogP contribution >= 0.6 is 0 Å². The number of ether oxygens (including phenoxy) is 1. The fourth-order valence-electron chi connectivity index (χ4n) is 4.32. The fourth-order valence-corrected chi connectivity index (χ4v) is 4.32. The maximum atomic E-state index is 15.4. The highest BCUT2D eigenvalue weighted by Gasteiger charge is 2.34. The number of nitrogens with zero attached hydrogens (tertiary/aromatic N) is 3. The van der Waals surface area contributed by atoms with Crippen molar-refractivity contribution in [3.63, 3.8) is 0 Å². The third-order valence-electron chi connectivity index (χ3n) is 6.49. The number of nitrogens with one attached hydrogen (secondary N) is 1. The Hall–Kier alpha value is -2.95. The number of aliphatic carboxylic acids is 1. The molecule has 1 aliphatic heterocycles. The van der Waals surface area contributed by atoms with Gasteiger partial charge in [-0.05, 0) is 55.7 Å². The van der Waals surface area contributed by atoms with Gasteiger partial charge < -0.3 is 20.1 Å². The van der Waals surface area contributed by atoms with E-state index in [1.807, 2.05) is 0 Å². The summed E-state index contributed by atoms with van der Waals surface area (Å²) >= 11 is 0. The Morgan fingerprint density at radius 2 is 1.83 bits per heavy atom. The van der Waals surface area contributed by atoms with E-state index in [9.17, 15) is 23.1 Å². The second-order valence-corrected chi connectivity index (χ2v) is 9.12. The van der Waals surface area contributed by atoms with E-state index < -0.39 is 29.4 Å². The number of halogens is 4. The minimum absolute atomic E-state index is 0.0163. The summed E-state index contributed by atoms with van der Waals surface area (Å²) in [5.41, 5.74) is -0.146. The molecule has 1 unspecified atom stereocenters. The van der Waals surface area contributed by atoms with Crippen LogP contribution in [0.5, 0.6) is 0 Å². The van der Waals surface area contributed by atoms with E-state index in [-0.39, 0.29) is 36.7 Å². The molecule has 1 aliphatic carbocycles. The van der Waals surface area contributed by atoms with Gasteiger partial charge in [0.25, 0.3) is 0 Å². The summed E-state index contributed by atoms with van der Waals surface area (Å²) in [6.45, 7) is 1.44. The highest BCUT2D eigenvalue weighted by atomic mass is 19.4. The summed E-state index contributed by atoms with van der Waals surface area (Å²) in [6, 6.07) is 4.80. The summed E-state index contributed by atoms with van der Waals surface area (Å²) in [6.07, 6.45) is 0.487. The Balaban J connectivity index is 1.46. The first-order valence-electron chi connectivity index (χ1n) is 11.7. The third kappa shape index (κ3) is 6.59. The molecule has 190 valence electrons. The second kappa shape index (κ2) is 10.8. The van der Waals surface area contributed by atoms with E-state index in [1.54, 1.807) is 4.90 Å². The maximum Gasteiger partial charge on any atom is 0.416 e. The molecule has 7 nitrogen and oxygen atoms in total. The van der Waals surface area contributed by atoms with Gasteiger partial charge in [0.05, 0.1) is 11.5 Å². The Morgan fingerprint density at radius 1 is 1.14 bits per heavy atom. The number of benzene rings is 1. The van der Waals surface area contributed by atoms with Crippen molar-refractivity contribution in [1.29, 1.82) is 0 Å². The molecule has 2 fully saturated rings. The molecule has 35 heavy (non-hydrogen) atoms. The van der Waals surface area contributed by atoms with E-state index in [4.69, 9.17) is 4.74 Å². The SMILES string of the molecule is O=C(O)C(CNc1ncnc(N(Cc2ccc(C(F)(F)F)cc2)C2CC2)c1F)CC1CCOCC1. The fraction of sp³-hybridized carbons (Fsp3) is 0.542. The number of carboxylic acids is 1. The van der Waals surface area contributed by atoms with Crippen LogP contribution in [0.4, 0.5) is 29.2 Å². The van der Waals surface area contributed by atoms with E-state index in [1.165, 1.54) is 18.5 Å². The molecule has 2 aromatic rings. The van der Waals surface area contributed by atoms with Crippen molar-refractivity contribution >= 4 is 17.6 Å². The lowest BCUT2D eigenvalue weighted by molar-refractivity contribution is -0.142. The number of rotatable bonds is 10. The van der Waals surface area contributed by atoms with Gasteiger partial charge in [0, 0.05) is 32.3 Å². The van der Waals surface area contributed by atoms with Crippen molar-refractivity contribution in [1.82, 2.24) is 9.97 Å². The van der Waals surface area contributed by atoms with Gasteiger partial charge in [-0.1, -0.05) is 12.1 Å². The minimum atomic E-state index is -4.42. The van der Waals surface area contributed by atoms with Gasteiger partial charge in [0.2, 0.25) is 5.82 Å². The number of carbonyl (C=O) groups is 1. The zero-order valence-electron chi connectivity index (χ0n) is 19.1. The molecular formula is C24H28F4N4O3. The van der Waals surface area contributed by atoms with Gasteiger partial charge in [-0.2, -0.15) is 17.6 Å². The lowest BCUT2D eigenvalue weighted by atomic mass is 9.89. The monoisotopic (exact) mass is 496 g/mol. The van der Waals surface area contributed by atoms with E-state index in [0.29, 0.717) is 25.2 Å². The van der Waals surface area contributed by atoms with Crippen LogP contribution in [0, 0.1) is 17.7 Å². The first-order chi connectivity index (χ1) is 16.7. The summed E-state index contributed by atoms with van der Waals surface area (Å²) < 4.78 is 59.3. The van der Waals surface area contributed by atoms with Crippen LogP contribution in [0.3, 0.4) is 0 Å². The zero-order valence-corrected chi connectivity index (χ0v) is 19.1. The molecule has 1 saturated heterocycles. The topological polar surface area (TPSA) is 87.6 Å². The Kier molecular flexibility index (Phi) is 7.73. The number of hydrogen-bond donors (Lipinski definition) is 2. The molecule has 0 bridgehead atoms. The molecule has 2 aliphatic rings. The van der Waals surface area contributed by atoms with Crippen molar-refractivity contribution in [3.8, 4) is 0 Å². The summed E-state index contributed by atoms with van der Waals surface area (Å²) in [4.78, 5) is 21.6. The lowest BCUT2D eigenvalue weighted by Crippen LogP contribution is -2.29. The molecule has 2 N–H and O–H groups in total. The third-order valence-corrected chi connectivity index (χ3v) is 6.49. The molecule has 4 rings (SSSR count). The lowest BCUT2D eigenvalue weighted by Gasteiger charge is -2.26. The van der Waals surface area contributed by atoms with Crippen LogP contribution in [-0.4, -0.2) is 46.8 Å². The Labute approximate surface area is 200 Å². The van der Waals surface area contributed by atoms with Gasteiger partial charge in [0.1, 0.15) is 6.33 Å². The van der Waals surface area contributed by atoms with E-state index >= 15 is 4.39 Å². The van der Waals surface area contributed by atoms with Crippen molar-refractivity contribution < 1.29 is 32.2 Å². The summed E-state index contributed by atoms with van der Waals surface area (Å²) in [7, 11) is 0. The molecule has 1 atom stereocenters. The van der Waals surface area contributed by atoms with Crippen molar-refractivity contribution in [3.05, 3.63) is 47.5 Å². The summed E-state index contributed by atoms with van der Waals surface area (Å²) in [5.74, 6) is -2.18. The quantitative estimate of drug-likeness (QED) is 0.460. The predicted octanol–water partition coefficient (Wildman–Crippen LogP) is 4.73. The highest BCUT2D eigenvalue weighted by molar-refractivity contribution is 5.71. The minimum Gasteiger partial charge on any atom is -0.481 e. The second-order valence-electron chi connectivity index (χ2n) is 9.12. The normalized spacial score (nSPS) is 17.7. The van der Waals surface area contributed by atoms with Crippen molar-refractivity contribution in [2.24, 2.45) is 11.8 Å². The molecule has 2 heterocycles. The highest BCUT2D eigenvalue weighted by Crippen LogP contribution is 2.35. The Morgan fingerprint density at radius 3 is 2.43 bits per heavy atom. The molecule has 0 amide bonds. The standard InChI is InChI=1S/C24H28F4N4O3/c25-20-21(29-12-17(23(33)34)11-15-7-9-35-10-8-15)30-14-31-22(20)32(19-5-6-19)13-16-1-3-18(4-2-16)24(26,27)28/h1-4,14-15,17,19H,5-13H2,(H,33,34)(H,29,30,31). The molecular weight excluding hydrogens is 468 g/mol. The molecule has 11 heteroatoms. The molecule has 0 radical (unpaired) electrons. The average molecular weight is 497 g/mol. The average Bonchev–Trinajstić information content (AvgIpc) is 3.67. The van der Waals surface area contributed by atoms with Gasteiger partial charge in [0.15, 0.2) is 11.6 Å². The first-order valence-corrected chi connectivity index (χ1v) is 11.7.